The summed E-state index contributed by atoms with van der Waals surface area (Å²) >= 11 is 0. The number of H-pyrrole nitrogens is 1. The van der Waals surface area contributed by atoms with Gasteiger partial charge < -0.3 is 4.98 Å². The fraction of sp³-hybridized carbons (Fsp3) is 0. The molecule has 0 atom stereocenters. The second kappa shape index (κ2) is 3.30. The van der Waals surface area contributed by atoms with Crippen molar-refractivity contribution in [3.63, 3.8) is 0 Å². The summed E-state index contributed by atoms with van der Waals surface area (Å²) < 4.78 is 1.25. The number of hydrogen-bond acceptors (Lipinski definition) is 3. The highest BCUT2D eigenvalue weighted by atomic mass is 16.1. The number of nitrogens with one attached hydrogen (secondary N) is 1. The van der Waals surface area contributed by atoms with Crippen molar-refractivity contribution < 1.29 is 0 Å². The van der Waals surface area contributed by atoms with Crippen LogP contribution in [-0.2, 0) is 0 Å². The molecule has 2 aromatic heterocycles. The minimum Gasteiger partial charge on any atom is -0.313 e. The van der Waals surface area contributed by atoms with Crippen LogP contribution in [0.15, 0.2) is 47.4 Å². The predicted octanol–water partition coefficient (Wildman–Crippen LogP) is 1.08. The Kier molecular flexibility index (Phi) is 1.83. The zero-order chi connectivity index (χ0) is 11.0. The molecule has 1 aromatic carbocycles. The van der Waals surface area contributed by atoms with Gasteiger partial charge in [0, 0.05) is 11.8 Å². The van der Waals surface area contributed by atoms with Gasteiger partial charge in [0.1, 0.15) is 0 Å². The van der Waals surface area contributed by atoms with Gasteiger partial charge in [0.2, 0.25) is 0 Å². The first kappa shape index (κ1) is 8.84. The Morgan fingerprint density at radius 3 is 2.69 bits per heavy atom. The lowest BCUT2D eigenvalue weighted by Gasteiger charge is -1.90. The van der Waals surface area contributed by atoms with Crippen LogP contribution in [0.3, 0.4) is 0 Å². The van der Waals surface area contributed by atoms with E-state index in [-0.39, 0.29) is 5.69 Å². The third kappa shape index (κ3) is 1.30. The van der Waals surface area contributed by atoms with Gasteiger partial charge in [0.15, 0.2) is 11.5 Å². The summed E-state index contributed by atoms with van der Waals surface area (Å²) in [4.78, 5) is 18.2. The van der Waals surface area contributed by atoms with Crippen LogP contribution in [0, 0.1) is 0 Å². The van der Waals surface area contributed by atoms with E-state index in [0.29, 0.717) is 11.5 Å². The maximum Gasteiger partial charge on any atom is 0.348 e. The second-order valence-corrected chi connectivity index (χ2v) is 3.35. The molecule has 0 aliphatic carbocycles. The quantitative estimate of drug-likeness (QED) is 0.656. The molecule has 5 heteroatoms. The van der Waals surface area contributed by atoms with E-state index in [1.54, 1.807) is 12.3 Å². The van der Waals surface area contributed by atoms with E-state index in [1.165, 1.54) is 4.52 Å². The van der Waals surface area contributed by atoms with Gasteiger partial charge >= 0.3 is 5.69 Å². The van der Waals surface area contributed by atoms with Crippen molar-refractivity contribution in [1.29, 1.82) is 0 Å². The number of aromatic nitrogens is 4. The minimum absolute atomic E-state index is 0.285. The average Bonchev–Trinajstić information content (AvgIpc) is 2.76. The van der Waals surface area contributed by atoms with E-state index in [4.69, 9.17) is 0 Å². The van der Waals surface area contributed by atoms with Crippen molar-refractivity contribution in [2.75, 3.05) is 0 Å². The predicted molar refractivity (Wildman–Crippen MR) is 59.0 cm³/mol. The van der Waals surface area contributed by atoms with Gasteiger partial charge in [0.05, 0.1) is 0 Å². The van der Waals surface area contributed by atoms with E-state index in [2.05, 4.69) is 15.1 Å². The van der Waals surface area contributed by atoms with Crippen molar-refractivity contribution in [1.82, 2.24) is 19.6 Å². The molecule has 0 bridgehead atoms. The zero-order valence-electron chi connectivity index (χ0n) is 8.29. The molecule has 3 aromatic rings. The molecule has 0 saturated carbocycles. The highest BCUT2D eigenvalue weighted by molar-refractivity contribution is 5.57. The third-order valence-electron chi connectivity index (χ3n) is 2.30. The van der Waals surface area contributed by atoms with Gasteiger partial charge in [-0.25, -0.2) is 9.78 Å². The molecule has 2 heterocycles. The van der Waals surface area contributed by atoms with Gasteiger partial charge in [-0.1, -0.05) is 30.3 Å². The highest BCUT2D eigenvalue weighted by Gasteiger charge is 2.06. The second-order valence-electron chi connectivity index (χ2n) is 3.35. The molecule has 0 spiro atoms. The summed E-state index contributed by atoms with van der Waals surface area (Å²) in [5, 5.41) is 4.14. The van der Waals surface area contributed by atoms with Crippen molar-refractivity contribution in [3.05, 3.63) is 53.1 Å². The van der Waals surface area contributed by atoms with Crippen LogP contribution in [0.2, 0.25) is 0 Å². The Labute approximate surface area is 90.4 Å². The van der Waals surface area contributed by atoms with Gasteiger partial charge in [-0.15, -0.1) is 5.10 Å². The van der Waals surface area contributed by atoms with Crippen LogP contribution in [0.4, 0.5) is 0 Å². The van der Waals surface area contributed by atoms with Crippen LogP contribution in [0.25, 0.3) is 17.0 Å². The molecule has 0 aliphatic rings. The summed E-state index contributed by atoms with van der Waals surface area (Å²) in [6.07, 6.45) is 1.56. The number of rotatable bonds is 1. The molecule has 0 amide bonds. The van der Waals surface area contributed by atoms with Crippen molar-refractivity contribution >= 4 is 5.65 Å². The van der Waals surface area contributed by atoms with Gasteiger partial charge in [0.25, 0.3) is 0 Å². The van der Waals surface area contributed by atoms with E-state index in [0.717, 1.165) is 5.56 Å². The molecule has 3 rings (SSSR count). The zero-order valence-corrected chi connectivity index (χ0v) is 8.29. The third-order valence-corrected chi connectivity index (χ3v) is 2.30. The smallest absolute Gasteiger partial charge is 0.313 e. The summed E-state index contributed by atoms with van der Waals surface area (Å²) in [5.74, 6) is 0.553. The first-order valence-electron chi connectivity index (χ1n) is 4.84. The van der Waals surface area contributed by atoms with Crippen molar-refractivity contribution in [3.8, 4) is 11.4 Å². The normalized spacial score (nSPS) is 10.8. The van der Waals surface area contributed by atoms with Crippen LogP contribution in [0.5, 0.6) is 0 Å². The number of fused-ring (bicyclic) bond motifs is 1. The maximum atomic E-state index is 11.4. The van der Waals surface area contributed by atoms with Crippen molar-refractivity contribution in [2.24, 2.45) is 0 Å². The Bertz CT molecular complexity index is 684. The Balaban J connectivity index is 2.28. The first-order chi connectivity index (χ1) is 7.84. The monoisotopic (exact) mass is 212 g/mol. The molecule has 5 nitrogen and oxygen atoms in total. The molecule has 0 aliphatic heterocycles. The first-order valence-corrected chi connectivity index (χ1v) is 4.84. The highest BCUT2D eigenvalue weighted by Crippen LogP contribution is 2.13. The standard InChI is InChI=1S/C11H8N4O/c16-11-12-7-6-9-13-10(14-15(9)11)8-4-2-1-3-5-8/h1-7H,(H,12,16). The SMILES string of the molecule is O=c1[nH]ccc2nc(-c3ccccc3)nn12. The van der Waals surface area contributed by atoms with E-state index in [1.807, 2.05) is 30.3 Å². The summed E-state index contributed by atoms with van der Waals surface area (Å²) in [6, 6.07) is 11.3. The summed E-state index contributed by atoms with van der Waals surface area (Å²) in [5.41, 5.74) is 1.15. The van der Waals surface area contributed by atoms with E-state index in [9.17, 15) is 4.79 Å². The number of nitrogens with zero attached hydrogens (tertiary/aromatic N) is 3. The van der Waals surface area contributed by atoms with Crippen LogP contribution < -0.4 is 5.69 Å². The van der Waals surface area contributed by atoms with Crippen LogP contribution >= 0.6 is 0 Å². The maximum absolute atomic E-state index is 11.4. The summed E-state index contributed by atoms with van der Waals surface area (Å²) in [7, 11) is 0. The average molecular weight is 212 g/mol. The molecule has 0 saturated heterocycles. The van der Waals surface area contributed by atoms with Gasteiger partial charge in [-0.3, -0.25) is 0 Å². The lowest BCUT2D eigenvalue weighted by Crippen LogP contribution is -2.15. The molecular formula is C11H8N4O. The van der Waals surface area contributed by atoms with Gasteiger partial charge in [-0.05, 0) is 6.07 Å². The molecule has 0 unspecified atom stereocenters. The van der Waals surface area contributed by atoms with Crippen LogP contribution in [0.1, 0.15) is 0 Å². The van der Waals surface area contributed by atoms with Crippen molar-refractivity contribution in [2.45, 2.75) is 0 Å². The fourth-order valence-electron chi connectivity index (χ4n) is 1.54. The number of hydrogen-bond donors (Lipinski definition) is 1. The van der Waals surface area contributed by atoms with Gasteiger partial charge in [-0.2, -0.15) is 4.52 Å². The lowest BCUT2D eigenvalue weighted by atomic mass is 10.2. The molecular weight excluding hydrogens is 204 g/mol. The number of benzene rings is 1. The lowest BCUT2D eigenvalue weighted by molar-refractivity contribution is 0.871. The Morgan fingerprint density at radius 2 is 1.94 bits per heavy atom. The summed E-state index contributed by atoms with van der Waals surface area (Å²) in [6.45, 7) is 0. The largest absolute Gasteiger partial charge is 0.348 e. The van der Waals surface area contributed by atoms with E-state index < -0.39 is 0 Å². The Hall–Kier alpha value is -2.43. The van der Waals surface area contributed by atoms with Crippen LogP contribution in [-0.4, -0.2) is 19.6 Å². The molecule has 0 radical (unpaired) electrons. The minimum atomic E-state index is -0.285. The number of aromatic amines is 1. The molecule has 16 heavy (non-hydrogen) atoms. The molecule has 0 fully saturated rings. The fourth-order valence-corrected chi connectivity index (χ4v) is 1.54. The van der Waals surface area contributed by atoms with E-state index >= 15 is 0 Å². The molecule has 1 N–H and O–H groups in total. The molecule has 78 valence electrons. The topological polar surface area (TPSA) is 63.0 Å². The Morgan fingerprint density at radius 1 is 1.12 bits per heavy atom.